The van der Waals surface area contributed by atoms with Gasteiger partial charge in [0.05, 0.1) is 11.0 Å². The van der Waals surface area contributed by atoms with E-state index in [1.165, 1.54) is 91.7 Å². The molecule has 0 N–H and O–H groups in total. The van der Waals surface area contributed by atoms with Gasteiger partial charge >= 0.3 is 0 Å². The number of nitrogens with zero attached hydrogens (tertiary/aromatic N) is 2. The number of hydrogen-bond donors (Lipinski definition) is 0. The minimum atomic E-state index is 0.244. The Bertz CT molecular complexity index is 3480. The SMILES string of the molecule is C1=CC2c3ccc(-c4ccc5c(-c6ccccc6)c6cc(-c7ccc8c(c7)nc(-c7ccccc7)n8-c7ccccc7)ccc6c(-c6ccccc6)c5c4)cc3C3(CCCC3)C2C=C1. The number of aromatic nitrogens is 2. The molecule has 0 aliphatic heterocycles. The fraction of sp³-hybridized carbons (Fsp3) is 0.113. The Balaban J connectivity index is 1.02. The van der Waals surface area contributed by atoms with E-state index in [0.29, 0.717) is 11.8 Å². The van der Waals surface area contributed by atoms with Crippen LogP contribution in [-0.4, -0.2) is 9.55 Å². The maximum Gasteiger partial charge on any atom is 0.145 e. The van der Waals surface area contributed by atoms with Gasteiger partial charge in [-0.3, -0.25) is 4.57 Å². The molecule has 64 heavy (non-hydrogen) atoms. The van der Waals surface area contributed by atoms with Gasteiger partial charge in [0.1, 0.15) is 5.82 Å². The van der Waals surface area contributed by atoms with E-state index in [1.807, 2.05) is 0 Å². The lowest BCUT2D eigenvalue weighted by atomic mass is 9.70. The van der Waals surface area contributed by atoms with Crippen LogP contribution in [0.5, 0.6) is 0 Å². The molecule has 3 aliphatic rings. The molecule has 0 amide bonds. The minimum Gasteiger partial charge on any atom is -0.292 e. The molecule has 2 unspecified atom stereocenters. The van der Waals surface area contributed by atoms with Crippen LogP contribution in [0.15, 0.2) is 218 Å². The van der Waals surface area contributed by atoms with E-state index in [4.69, 9.17) is 4.98 Å². The van der Waals surface area contributed by atoms with Gasteiger partial charge in [-0.25, -0.2) is 4.98 Å². The zero-order valence-electron chi connectivity index (χ0n) is 35.7. The van der Waals surface area contributed by atoms with Crippen LogP contribution in [0, 0.1) is 5.92 Å². The van der Waals surface area contributed by atoms with Crippen molar-refractivity contribution >= 4 is 32.6 Å². The van der Waals surface area contributed by atoms with Gasteiger partial charge in [-0.1, -0.05) is 195 Å². The quantitative estimate of drug-likeness (QED) is 0.153. The Morgan fingerprint density at radius 3 is 1.58 bits per heavy atom. The van der Waals surface area contributed by atoms with Gasteiger partial charge in [0, 0.05) is 22.6 Å². The van der Waals surface area contributed by atoms with E-state index in [0.717, 1.165) is 33.7 Å². The average Bonchev–Trinajstić information content (AvgIpc) is 4.09. The predicted octanol–water partition coefficient (Wildman–Crippen LogP) is 16.3. The molecule has 1 saturated carbocycles. The summed E-state index contributed by atoms with van der Waals surface area (Å²) in [6, 6.07) is 71.7. The number of rotatable bonds is 6. The molecule has 1 fully saturated rings. The molecular formula is C62H46N2. The van der Waals surface area contributed by atoms with Gasteiger partial charge in [-0.2, -0.15) is 0 Å². The molecule has 0 saturated heterocycles. The smallest absolute Gasteiger partial charge is 0.145 e. The molecule has 1 heterocycles. The second kappa shape index (κ2) is 14.8. The number of hydrogen-bond acceptors (Lipinski definition) is 1. The van der Waals surface area contributed by atoms with Crippen molar-refractivity contribution < 1.29 is 0 Å². The highest BCUT2D eigenvalue weighted by Crippen LogP contribution is 2.60. The lowest BCUT2D eigenvalue weighted by Crippen LogP contribution is -2.28. The van der Waals surface area contributed by atoms with Crippen molar-refractivity contribution in [2.75, 3.05) is 0 Å². The highest BCUT2D eigenvalue weighted by atomic mass is 15.1. The maximum absolute atomic E-state index is 5.32. The third-order valence-electron chi connectivity index (χ3n) is 14.8. The van der Waals surface area contributed by atoms with Crippen molar-refractivity contribution in [3.05, 3.63) is 230 Å². The van der Waals surface area contributed by atoms with E-state index in [2.05, 4.69) is 223 Å². The minimum absolute atomic E-state index is 0.244. The van der Waals surface area contributed by atoms with Gasteiger partial charge in [0.2, 0.25) is 0 Å². The normalized spacial score (nSPS) is 17.1. The molecule has 2 atom stereocenters. The van der Waals surface area contributed by atoms with E-state index >= 15 is 0 Å². The van der Waals surface area contributed by atoms with Gasteiger partial charge < -0.3 is 0 Å². The van der Waals surface area contributed by atoms with Crippen LogP contribution in [-0.2, 0) is 5.41 Å². The summed E-state index contributed by atoms with van der Waals surface area (Å²) in [6.07, 6.45) is 14.7. The summed E-state index contributed by atoms with van der Waals surface area (Å²) in [4.78, 5) is 5.32. The van der Waals surface area contributed by atoms with E-state index in [9.17, 15) is 0 Å². The van der Waals surface area contributed by atoms with Gasteiger partial charge in [-0.15, -0.1) is 0 Å². The number of para-hydroxylation sites is 1. The molecular weight excluding hydrogens is 773 g/mol. The number of benzene rings is 9. The fourth-order valence-electron chi connectivity index (χ4n) is 12.0. The standard InChI is InChI=1S/C62H46N2/c1-5-17-41(18-6-1)59-52-33-29-45(47-30-34-58-57(40-47)63-61(43-21-9-3-10-22-43)64(58)48-23-11-4-12-24-48)38-54(52)60(42-19-7-2-8-20-42)51-32-28-44(37-53(51)59)46-27-31-50-49-25-13-14-26-55(49)62(56(50)39-46)35-15-16-36-62/h1-14,17-34,37-40,49,55H,15-16,35-36H2. The average molecular weight is 819 g/mol. The molecule has 2 heteroatoms. The summed E-state index contributed by atoms with van der Waals surface area (Å²) >= 11 is 0. The Morgan fingerprint density at radius 1 is 0.438 bits per heavy atom. The van der Waals surface area contributed by atoms with Gasteiger partial charge in [0.25, 0.3) is 0 Å². The summed E-state index contributed by atoms with van der Waals surface area (Å²) in [5.74, 6) is 1.99. The first kappa shape index (κ1) is 37.0. The van der Waals surface area contributed by atoms with E-state index in [1.54, 1.807) is 5.56 Å². The lowest BCUT2D eigenvalue weighted by Gasteiger charge is -2.33. The topological polar surface area (TPSA) is 17.8 Å². The van der Waals surface area contributed by atoms with Crippen LogP contribution in [0.2, 0.25) is 0 Å². The van der Waals surface area contributed by atoms with E-state index < -0.39 is 0 Å². The highest BCUT2D eigenvalue weighted by molar-refractivity contribution is 6.22. The Hall–Kier alpha value is -7.55. The number of imidazole rings is 1. The van der Waals surface area contributed by atoms with Crippen molar-refractivity contribution in [2.45, 2.75) is 37.0 Å². The predicted molar refractivity (Wildman–Crippen MR) is 268 cm³/mol. The van der Waals surface area contributed by atoms with Crippen molar-refractivity contribution in [3.8, 4) is 61.6 Å². The zero-order chi connectivity index (χ0) is 42.2. The molecule has 2 nitrogen and oxygen atoms in total. The fourth-order valence-corrected chi connectivity index (χ4v) is 12.0. The third kappa shape index (κ3) is 5.75. The molecule has 10 aromatic rings. The highest BCUT2D eigenvalue weighted by Gasteiger charge is 2.51. The summed E-state index contributed by atoms with van der Waals surface area (Å²) in [7, 11) is 0. The molecule has 1 aromatic heterocycles. The molecule has 0 radical (unpaired) electrons. The molecule has 0 bridgehead atoms. The summed E-state index contributed by atoms with van der Waals surface area (Å²) in [6.45, 7) is 0. The molecule has 13 rings (SSSR count). The Labute approximate surface area is 374 Å². The third-order valence-corrected chi connectivity index (χ3v) is 14.8. The van der Waals surface area contributed by atoms with Crippen LogP contribution in [0.25, 0.3) is 94.2 Å². The summed E-state index contributed by atoms with van der Waals surface area (Å²) < 4.78 is 2.28. The van der Waals surface area contributed by atoms with Crippen molar-refractivity contribution in [3.63, 3.8) is 0 Å². The molecule has 304 valence electrons. The van der Waals surface area contributed by atoms with Crippen molar-refractivity contribution in [1.82, 2.24) is 9.55 Å². The zero-order valence-corrected chi connectivity index (χ0v) is 35.7. The van der Waals surface area contributed by atoms with Crippen LogP contribution in [0.1, 0.15) is 42.7 Å². The first-order valence-electron chi connectivity index (χ1n) is 23.0. The first-order chi connectivity index (χ1) is 31.7. The monoisotopic (exact) mass is 818 g/mol. The maximum atomic E-state index is 5.32. The van der Waals surface area contributed by atoms with Crippen LogP contribution in [0.4, 0.5) is 0 Å². The molecule has 3 aliphatic carbocycles. The summed E-state index contributed by atoms with van der Waals surface area (Å²) in [5, 5.41) is 5.03. The summed E-state index contributed by atoms with van der Waals surface area (Å²) in [5.41, 5.74) is 17.5. The van der Waals surface area contributed by atoms with Crippen LogP contribution >= 0.6 is 0 Å². The second-order valence-corrected chi connectivity index (χ2v) is 18.2. The van der Waals surface area contributed by atoms with Crippen LogP contribution in [0.3, 0.4) is 0 Å². The lowest BCUT2D eigenvalue weighted by molar-refractivity contribution is 0.337. The van der Waals surface area contributed by atoms with E-state index in [-0.39, 0.29) is 5.41 Å². The van der Waals surface area contributed by atoms with Gasteiger partial charge in [0.15, 0.2) is 0 Å². The first-order valence-corrected chi connectivity index (χ1v) is 23.0. The van der Waals surface area contributed by atoms with Crippen LogP contribution < -0.4 is 0 Å². The molecule has 1 spiro atoms. The van der Waals surface area contributed by atoms with Gasteiger partial charge in [-0.05, 0) is 132 Å². The second-order valence-electron chi connectivity index (χ2n) is 18.2. The number of allylic oxidation sites excluding steroid dienone is 4. The molecule has 9 aromatic carbocycles. The Kier molecular flexibility index (Phi) is 8.56. The largest absolute Gasteiger partial charge is 0.292 e. The number of fused-ring (bicyclic) bond motifs is 8. The van der Waals surface area contributed by atoms with Crippen molar-refractivity contribution in [1.29, 1.82) is 0 Å². The van der Waals surface area contributed by atoms with Crippen molar-refractivity contribution in [2.24, 2.45) is 5.92 Å². The Morgan fingerprint density at radius 2 is 0.953 bits per heavy atom.